The van der Waals surface area contributed by atoms with E-state index in [1.807, 2.05) is 0 Å². The van der Waals surface area contributed by atoms with Gasteiger partial charge in [0.25, 0.3) is 0 Å². The normalized spacial score (nSPS) is 7.47. The Labute approximate surface area is 87.7 Å². The molecule has 0 aromatic rings. The van der Waals surface area contributed by atoms with Crippen LogP contribution >= 0.6 is 0 Å². The highest BCUT2D eigenvalue weighted by molar-refractivity contribution is 5.26. The molecule has 0 saturated carbocycles. The van der Waals surface area contributed by atoms with E-state index < -0.39 is 6.43 Å². The van der Waals surface area contributed by atoms with Gasteiger partial charge in [-0.2, -0.15) is 0 Å². The molecule has 0 radical (unpaired) electrons. The van der Waals surface area contributed by atoms with Crippen molar-refractivity contribution in [2.75, 3.05) is 0 Å². The van der Waals surface area contributed by atoms with Crippen LogP contribution in [0.1, 0.15) is 39.0 Å². The third kappa shape index (κ3) is 66.7. The van der Waals surface area contributed by atoms with E-state index in [2.05, 4.69) is 6.92 Å². The molecule has 0 saturated heterocycles. The van der Waals surface area contributed by atoms with Crippen LogP contribution in [0.2, 0.25) is 0 Å². The summed E-state index contributed by atoms with van der Waals surface area (Å²) >= 11 is 0. The van der Waals surface area contributed by atoms with Gasteiger partial charge in [0.15, 0.2) is 0 Å². The molecular weight excluding hydrogens is 206 g/mol. The van der Waals surface area contributed by atoms with Crippen LogP contribution in [0.25, 0.3) is 0 Å². The molecule has 88 valence electrons. The number of hydrogen-bond acceptors (Lipinski definition) is 4. The number of halogens is 2. The van der Waals surface area contributed by atoms with E-state index in [0.29, 0.717) is 6.42 Å². The van der Waals surface area contributed by atoms with Gasteiger partial charge in [-0.1, -0.05) is 26.2 Å². The maximum Gasteiger partial charge on any atom is 0.238 e. The molecule has 0 aliphatic rings. The highest BCUT2D eigenvalue weighted by Crippen LogP contribution is 2.07. The van der Waals surface area contributed by atoms with Crippen molar-refractivity contribution in [3.8, 4) is 0 Å². The van der Waals surface area contributed by atoms with Crippen molar-refractivity contribution in [3.05, 3.63) is 0 Å². The minimum Gasteiger partial charge on any atom is -0.222 e. The lowest BCUT2D eigenvalue weighted by Crippen LogP contribution is -1.88. The van der Waals surface area contributed by atoms with Crippen LogP contribution in [0.4, 0.5) is 8.78 Å². The van der Waals surface area contributed by atoms with Crippen molar-refractivity contribution in [3.63, 3.8) is 0 Å². The molecule has 0 fully saturated rings. The average Bonchev–Trinajstić information content (AvgIpc) is 2.15. The summed E-state index contributed by atoms with van der Waals surface area (Å²) < 4.78 is 22.9. The molecule has 0 aliphatic heterocycles. The van der Waals surface area contributed by atoms with Gasteiger partial charge in [0.2, 0.25) is 18.6 Å². The summed E-state index contributed by atoms with van der Waals surface area (Å²) in [4.78, 5) is 16.7. The van der Waals surface area contributed by atoms with Gasteiger partial charge >= 0.3 is 0 Å². The van der Waals surface area contributed by atoms with Crippen LogP contribution in [0, 0.1) is 10.8 Å². The Bertz CT molecular complexity index is 163. The fourth-order valence-electron chi connectivity index (χ4n) is 0.725. The summed E-state index contributed by atoms with van der Waals surface area (Å²) in [5, 5.41) is 10.8. The Morgan fingerprint density at radius 2 is 1.47 bits per heavy atom. The molecule has 0 bridgehead atoms. The number of hydrogen-bond donors (Lipinski definition) is 2. The number of unbranched alkanes of at least 4 members (excludes halogenated alkanes) is 3. The summed E-state index contributed by atoms with van der Waals surface area (Å²) in [6.07, 6.45) is 3.34. The van der Waals surface area contributed by atoms with Gasteiger partial charge in [0.05, 0.1) is 0 Å². The Morgan fingerprint density at radius 3 is 1.73 bits per heavy atom. The molecule has 0 aromatic heterocycles. The summed E-state index contributed by atoms with van der Waals surface area (Å²) in [5.74, 6) is 0. The lowest BCUT2D eigenvalue weighted by molar-refractivity contribution is 0.134. The second-order valence-electron chi connectivity index (χ2n) is 2.44. The first-order chi connectivity index (χ1) is 7.10. The van der Waals surface area contributed by atoms with E-state index in [0.717, 1.165) is 31.4 Å². The number of isocyanates is 2. The molecule has 0 spiro atoms. The van der Waals surface area contributed by atoms with Crippen molar-refractivity contribution >= 4 is 12.2 Å². The summed E-state index contributed by atoms with van der Waals surface area (Å²) in [6, 6.07) is 0. The average molecular weight is 222 g/mol. The quantitative estimate of drug-likeness (QED) is 0.426. The SMILES string of the molecule is CCCCCCC(F)F.N=C=O.N=C=O. The lowest BCUT2D eigenvalue weighted by Gasteiger charge is -1.96. The minimum atomic E-state index is -2.10. The predicted molar refractivity (Wildman–Crippen MR) is 51.6 cm³/mol. The first-order valence-corrected chi connectivity index (χ1v) is 4.46. The summed E-state index contributed by atoms with van der Waals surface area (Å²) in [7, 11) is 0. The zero-order valence-electron chi connectivity index (χ0n) is 8.69. The molecule has 15 heavy (non-hydrogen) atoms. The molecule has 0 heterocycles. The largest absolute Gasteiger partial charge is 0.238 e. The molecule has 4 nitrogen and oxygen atoms in total. The van der Waals surface area contributed by atoms with Crippen LogP contribution < -0.4 is 0 Å². The van der Waals surface area contributed by atoms with Gasteiger partial charge in [-0.3, -0.25) is 0 Å². The third-order valence-corrected chi connectivity index (χ3v) is 1.28. The molecule has 2 N–H and O–H groups in total. The number of rotatable bonds is 5. The smallest absolute Gasteiger partial charge is 0.222 e. The second kappa shape index (κ2) is 22.9. The van der Waals surface area contributed by atoms with E-state index in [4.69, 9.17) is 20.4 Å². The zero-order chi connectivity index (χ0) is 12.5. The highest BCUT2D eigenvalue weighted by Gasteiger charge is 1.99. The first-order valence-electron chi connectivity index (χ1n) is 4.46. The molecule has 0 amide bonds. The van der Waals surface area contributed by atoms with Gasteiger partial charge < -0.3 is 0 Å². The Kier molecular flexibility index (Phi) is 29.4. The Balaban J connectivity index is -0.000000200. The fourth-order valence-corrected chi connectivity index (χ4v) is 0.725. The van der Waals surface area contributed by atoms with E-state index >= 15 is 0 Å². The maximum absolute atomic E-state index is 11.5. The van der Waals surface area contributed by atoms with Gasteiger partial charge in [-0.15, -0.1) is 0 Å². The molecule has 0 rings (SSSR count). The Morgan fingerprint density at radius 1 is 1.07 bits per heavy atom. The first kappa shape index (κ1) is 19.2. The highest BCUT2D eigenvalue weighted by atomic mass is 19.3. The van der Waals surface area contributed by atoms with Gasteiger partial charge in [0.1, 0.15) is 0 Å². The molecule has 0 unspecified atom stereocenters. The second-order valence-corrected chi connectivity index (χ2v) is 2.44. The molecule has 6 heteroatoms. The lowest BCUT2D eigenvalue weighted by atomic mass is 10.2. The van der Waals surface area contributed by atoms with Crippen molar-refractivity contribution in [1.29, 1.82) is 10.8 Å². The predicted octanol–water partition coefficient (Wildman–Crippen LogP) is 3.02. The van der Waals surface area contributed by atoms with Crippen LogP contribution in [-0.4, -0.2) is 18.6 Å². The van der Waals surface area contributed by atoms with E-state index in [1.165, 1.54) is 0 Å². The number of nitrogens with one attached hydrogen (secondary N) is 2. The topological polar surface area (TPSA) is 81.8 Å². The summed E-state index contributed by atoms with van der Waals surface area (Å²) in [6.45, 7) is 2.07. The standard InChI is InChI=1S/C7H14F2.2CHNO/c1-2-3-4-5-6-7(8)9;2*2-1-3/h7H,2-6H2,1H3;2*2H. The monoisotopic (exact) mass is 222 g/mol. The van der Waals surface area contributed by atoms with Gasteiger partial charge in [0, 0.05) is 6.42 Å². The van der Waals surface area contributed by atoms with Crippen LogP contribution in [0.3, 0.4) is 0 Å². The van der Waals surface area contributed by atoms with Crippen molar-refractivity contribution in [1.82, 2.24) is 0 Å². The summed E-state index contributed by atoms with van der Waals surface area (Å²) in [5.41, 5.74) is 0. The van der Waals surface area contributed by atoms with Gasteiger partial charge in [-0.05, 0) is 6.42 Å². The van der Waals surface area contributed by atoms with Crippen LogP contribution in [0.5, 0.6) is 0 Å². The van der Waals surface area contributed by atoms with Crippen LogP contribution in [-0.2, 0) is 9.59 Å². The molecular formula is C9H16F2N2O2. The van der Waals surface area contributed by atoms with E-state index in [9.17, 15) is 8.78 Å². The third-order valence-electron chi connectivity index (χ3n) is 1.28. The van der Waals surface area contributed by atoms with Crippen molar-refractivity contribution < 1.29 is 18.4 Å². The van der Waals surface area contributed by atoms with Crippen molar-refractivity contribution in [2.45, 2.75) is 45.5 Å². The Hall–Kier alpha value is -1.38. The fraction of sp³-hybridized carbons (Fsp3) is 0.778. The molecule has 0 atom stereocenters. The number of carbonyl (C=O) groups excluding carboxylic acids is 2. The van der Waals surface area contributed by atoms with Crippen LogP contribution in [0.15, 0.2) is 0 Å². The van der Waals surface area contributed by atoms with E-state index in [1.54, 1.807) is 0 Å². The van der Waals surface area contributed by atoms with Gasteiger partial charge in [-0.25, -0.2) is 29.2 Å². The van der Waals surface area contributed by atoms with Crippen molar-refractivity contribution in [2.24, 2.45) is 0 Å². The maximum atomic E-state index is 11.5. The number of alkyl halides is 2. The zero-order valence-corrected chi connectivity index (χ0v) is 8.69. The molecule has 0 aromatic carbocycles. The minimum absolute atomic E-state index is 0.0833. The van der Waals surface area contributed by atoms with E-state index in [-0.39, 0.29) is 6.42 Å². The molecule has 0 aliphatic carbocycles.